The predicted octanol–water partition coefficient (Wildman–Crippen LogP) is 2.61. The molecule has 0 aromatic rings. The van der Waals surface area contributed by atoms with Gasteiger partial charge in [0.25, 0.3) is 0 Å². The van der Waals surface area contributed by atoms with E-state index in [-0.39, 0.29) is 29.1 Å². The fraction of sp³-hybridized carbons (Fsp3) is 0.882. The quantitative estimate of drug-likeness (QED) is 0.754. The third-order valence-electron chi connectivity index (χ3n) is 7.75. The number of carboxylic acid groups (broad SMARTS) is 1. The van der Waals surface area contributed by atoms with E-state index >= 15 is 0 Å². The molecule has 4 saturated carbocycles. The number of hydrogen-bond acceptors (Lipinski definition) is 3. The normalized spacial score (nSPS) is 56.8. The molecule has 5 rings (SSSR count). The van der Waals surface area contributed by atoms with Gasteiger partial charge in [0.2, 0.25) is 0 Å². The Kier molecular flexibility index (Phi) is 2.16. The number of hydrogen-bond donors (Lipinski definition) is 1. The minimum Gasteiger partial charge on any atom is -0.481 e. The molecule has 0 aromatic carbocycles. The summed E-state index contributed by atoms with van der Waals surface area (Å²) < 4.78 is 5.99. The van der Waals surface area contributed by atoms with E-state index in [2.05, 4.69) is 0 Å². The Balaban J connectivity index is 1.71. The maximum Gasteiger partial charge on any atom is 0.309 e. The van der Waals surface area contributed by atoms with Crippen molar-refractivity contribution in [2.24, 2.45) is 35.0 Å². The second kappa shape index (κ2) is 3.64. The predicted molar refractivity (Wildman–Crippen MR) is 73.3 cm³/mol. The first-order valence-electron chi connectivity index (χ1n) is 8.54. The molecule has 7 atom stereocenters. The third kappa shape index (κ3) is 1.21. The number of ether oxygens (including phenoxy) is 1. The van der Waals surface area contributed by atoms with Crippen molar-refractivity contribution in [3.8, 4) is 0 Å². The lowest BCUT2D eigenvalue weighted by Crippen LogP contribution is -2.44. The molecule has 0 radical (unpaired) electrons. The summed E-state index contributed by atoms with van der Waals surface area (Å²) in [5, 5.41) is 9.99. The second-order valence-corrected chi connectivity index (χ2v) is 8.19. The summed E-state index contributed by atoms with van der Waals surface area (Å²) in [6, 6.07) is 0. The van der Waals surface area contributed by atoms with Crippen molar-refractivity contribution < 1.29 is 19.4 Å². The fourth-order valence-electron chi connectivity index (χ4n) is 7.38. The summed E-state index contributed by atoms with van der Waals surface area (Å²) in [5.41, 5.74) is -0.485. The van der Waals surface area contributed by atoms with Crippen molar-refractivity contribution in [2.75, 3.05) is 0 Å². The summed E-state index contributed by atoms with van der Waals surface area (Å²) in [5.74, 6) is -0.266. The molecule has 4 nitrogen and oxygen atoms in total. The number of carbonyl (C=O) groups excluding carboxylic acids is 1. The highest BCUT2D eigenvalue weighted by molar-refractivity contribution is 5.81. The standard InChI is InChI=1S/C17H22O4/c18-14(19)13-12-10-2-1-6-17(12,21-15(10)20)11-4-3-9-5-7-16(11,13)8-9/h9-13H,1-8H2,(H,18,19). The lowest BCUT2D eigenvalue weighted by atomic mass is 9.63. The first-order chi connectivity index (χ1) is 10.1. The number of carboxylic acids is 1. The molecule has 0 aromatic heterocycles. The van der Waals surface area contributed by atoms with Gasteiger partial charge in [-0.1, -0.05) is 0 Å². The molecular formula is C17H22O4. The van der Waals surface area contributed by atoms with E-state index < -0.39 is 11.6 Å². The second-order valence-electron chi connectivity index (χ2n) is 8.19. The van der Waals surface area contributed by atoms with E-state index in [1.54, 1.807) is 0 Å². The first kappa shape index (κ1) is 12.5. The van der Waals surface area contributed by atoms with E-state index in [4.69, 9.17) is 4.74 Å². The average molecular weight is 290 g/mol. The number of fused-ring (bicyclic) bond motifs is 1. The maximum atomic E-state index is 12.3. The van der Waals surface area contributed by atoms with Crippen molar-refractivity contribution in [3.63, 3.8) is 0 Å². The molecule has 21 heavy (non-hydrogen) atoms. The Hall–Kier alpha value is -1.06. The molecule has 1 saturated heterocycles. The van der Waals surface area contributed by atoms with Crippen LogP contribution in [0.4, 0.5) is 0 Å². The van der Waals surface area contributed by atoms with Gasteiger partial charge in [0.05, 0.1) is 11.8 Å². The van der Waals surface area contributed by atoms with Crippen LogP contribution in [0.15, 0.2) is 0 Å². The lowest BCUT2D eigenvalue weighted by molar-refractivity contribution is -0.158. The van der Waals surface area contributed by atoms with Crippen LogP contribution in [0.3, 0.4) is 0 Å². The molecule has 4 bridgehead atoms. The van der Waals surface area contributed by atoms with Gasteiger partial charge in [-0.25, -0.2) is 0 Å². The van der Waals surface area contributed by atoms with E-state index in [9.17, 15) is 14.7 Å². The Labute approximate surface area is 124 Å². The van der Waals surface area contributed by atoms with Crippen LogP contribution in [0.5, 0.6) is 0 Å². The highest BCUT2D eigenvalue weighted by atomic mass is 16.6. The Morgan fingerprint density at radius 3 is 2.86 bits per heavy atom. The Bertz CT molecular complexity index is 543. The van der Waals surface area contributed by atoms with E-state index in [0.717, 1.165) is 38.5 Å². The van der Waals surface area contributed by atoms with Crippen LogP contribution in [0, 0.1) is 35.0 Å². The largest absolute Gasteiger partial charge is 0.481 e. The summed E-state index contributed by atoms with van der Waals surface area (Å²) in [7, 11) is 0. The monoisotopic (exact) mass is 290 g/mol. The Morgan fingerprint density at radius 1 is 1.19 bits per heavy atom. The van der Waals surface area contributed by atoms with Gasteiger partial charge in [-0.3, -0.25) is 9.59 Å². The highest BCUT2D eigenvalue weighted by Gasteiger charge is 2.78. The van der Waals surface area contributed by atoms with Crippen molar-refractivity contribution >= 4 is 11.9 Å². The molecule has 4 heteroatoms. The molecule has 5 aliphatic rings. The van der Waals surface area contributed by atoms with Crippen LogP contribution in [-0.2, 0) is 14.3 Å². The van der Waals surface area contributed by atoms with Crippen molar-refractivity contribution in [2.45, 2.75) is 57.0 Å². The zero-order valence-electron chi connectivity index (χ0n) is 12.2. The number of rotatable bonds is 1. The molecule has 1 aliphatic heterocycles. The minimum atomic E-state index is -0.667. The van der Waals surface area contributed by atoms with Crippen LogP contribution in [0.2, 0.25) is 0 Å². The molecule has 5 fully saturated rings. The molecule has 1 spiro atoms. The first-order valence-corrected chi connectivity index (χ1v) is 8.54. The van der Waals surface area contributed by atoms with Gasteiger partial charge in [-0.15, -0.1) is 0 Å². The topological polar surface area (TPSA) is 63.6 Å². The molecule has 0 amide bonds. The van der Waals surface area contributed by atoms with Crippen LogP contribution < -0.4 is 0 Å². The summed E-state index contributed by atoms with van der Waals surface area (Å²) in [6.45, 7) is 0. The minimum absolute atomic E-state index is 0.0434. The molecule has 1 N–H and O–H groups in total. The fourth-order valence-corrected chi connectivity index (χ4v) is 7.38. The SMILES string of the molecule is O=C1OC23CCCC1C2C(C(=O)O)C12CCC(CCC13)C2. The van der Waals surface area contributed by atoms with E-state index in [0.29, 0.717) is 11.8 Å². The summed E-state index contributed by atoms with van der Waals surface area (Å²) in [4.78, 5) is 24.4. The van der Waals surface area contributed by atoms with Gasteiger partial charge in [0.1, 0.15) is 5.60 Å². The maximum absolute atomic E-state index is 12.3. The van der Waals surface area contributed by atoms with Crippen LogP contribution >= 0.6 is 0 Å². The van der Waals surface area contributed by atoms with E-state index in [1.165, 1.54) is 12.8 Å². The van der Waals surface area contributed by atoms with Gasteiger partial charge in [0.15, 0.2) is 0 Å². The van der Waals surface area contributed by atoms with Crippen molar-refractivity contribution in [3.05, 3.63) is 0 Å². The molecule has 1 heterocycles. The van der Waals surface area contributed by atoms with Crippen molar-refractivity contribution in [1.29, 1.82) is 0 Å². The smallest absolute Gasteiger partial charge is 0.309 e. The van der Waals surface area contributed by atoms with Crippen molar-refractivity contribution in [1.82, 2.24) is 0 Å². The van der Waals surface area contributed by atoms with Gasteiger partial charge in [-0.2, -0.15) is 0 Å². The number of esters is 1. The van der Waals surface area contributed by atoms with Gasteiger partial charge in [0, 0.05) is 11.8 Å². The average Bonchev–Trinajstić information content (AvgIpc) is 2.94. The number of carbonyl (C=O) groups is 2. The third-order valence-corrected chi connectivity index (χ3v) is 7.75. The molecule has 114 valence electrons. The van der Waals surface area contributed by atoms with Crippen LogP contribution in [0.25, 0.3) is 0 Å². The van der Waals surface area contributed by atoms with Gasteiger partial charge in [-0.05, 0) is 62.7 Å². The van der Waals surface area contributed by atoms with Gasteiger partial charge < -0.3 is 9.84 Å². The zero-order chi connectivity index (χ0) is 14.4. The van der Waals surface area contributed by atoms with Crippen LogP contribution in [0.1, 0.15) is 51.4 Å². The highest BCUT2D eigenvalue weighted by Crippen LogP contribution is 2.75. The summed E-state index contributed by atoms with van der Waals surface area (Å²) >= 11 is 0. The lowest BCUT2D eigenvalue weighted by Gasteiger charge is -2.43. The zero-order valence-corrected chi connectivity index (χ0v) is 12.2. The van der Waals surface area contributed by atoms with Gasteiger partial charge >= 0.3 is 11.9 Å². The van der Waals surface area contributed by atoms with E-state index in [1.807, 2.05) is 0 Å². The molecule has 7 unspecified atom stereocenters. The Morgan fingerprint density at radius 2 is 2.05 bits per heavy atom. The summed E-state index contributed by atoms with van der Waals surface area (Å²) in [6.07, 6.45) is 8.33. The molecular weight excluding hydrogens is 268 g/mol. The van der Waals surface area contributed by atoms with Crippen LogP contribution in [-0.4, -0.2) is 22.6 Å². The number of aliphatic carboxylic acids is 1. The molecule has 4 aliphatic carbocycles.